The highest BCUT2D eigenvalue weighted by Gasteiger charge is 2.13. The first-order valence-electron chi connectivity index (χ1n) is 3.90. The zero-order valence-electron chi connectivity index (χ0n) is 7.73. The third-order valence-electron chi connectivity index (χ3n) is 1.75. The summed E-state index contributed by atoms with van der Waals surface area (Å²) in [6.07, 6.45) is 0.456. The van der Waals surface area contributed by atoms with E-state index in [1.54, 1.807) is 0 Å². The van der Waals surface area contributed by atoms with Crippen LogP contribution in [0.5, 0.6) is 0 Å². The molecule has 80 valence electrons. The molecule has 0 saturated heterocycles. The number of halogens is 1. The van der Waals surface area contributed by atoms with E-state index in [-0.39, 0.29) is 21.8 Å². The van der Waals surface area contributed by atoms with Gasteiger partial charge in [0.15, 0.2) is 5.78 Å². The molecular formula is C9H7ClO4S. The molecule has 4 nitrogen and oxygen atoms in total. The lowest BCUT2D eigenvalue weighted by Gasteiger charge is -2.01. The zero-order chi connectivity index (χ0) is 11.6. The van der Waals surface area contributed by atoms with Crippen molar-refractivity contribution in [2.75, 3.05) is 0 Å². The summed E-state index contributed by atoms with van der Waals surface area (Å²) in [4.78, 5) is 21.3. The van der Waals surface area contributed by atoms with Gasteiger partial charge in [-0.05, 0) is 25.1 Å². The maximum Gasteiger partial charge on any atom is 0.261 e. The Morgan fingerprint density at radius 2 is 1.93 bits per heavy atom. The van der Waals surface area contributed by atoms with Crippen LogP contribution in [0, 0.1) is 0 Å². The van der Waals surface area contributed by atoms with Crippen molar-refractivity contribution in [3.05, 3.63) is 29.3 Å². The van der Waals surface area contributed by atoms with Crippen LogP contribution in [0.4, 0.5) is 0 Å². The van der Waals surface area contributed by atoms with Crippen molar-refractivity contribution in [1.82, 2.24) is 0 Å². The molecule has 1 aromatic carbocycles. The Hall–Kier alpha value is -1.20. The first-order valence-corrected chi connectivity index (χ1v) is 6.21. The van der Waals surface area contributed by atoms with Crippen LogP contribution in [-0.4, -0.2) is 20.5 Å². The number of aldehydes is 1. The summed E-state index contributed by atoms with van der Waals surface area (Å²) in [5, 5.41) is 0. The first kappa shape index (κ1) is 11.9. The summed E-state index contributed by atoms with van der Waals surface area (Å²) >= 11 is 0. The molecule has 0 N–H and O–H groups in total. The molecule has 0 spiro atoms. The second kappa shape index (κ2) is 4.12. The van der Waals surface area contributed by atoms with Crippen molar-refractivity contribution in [2.24, 2.45) is 0 Å². The molecule has 0 fully saturated rings. The molecule has 0 aliphatic rings. The van der Waals surface area contributed by atoms with Crippen LogP contribution in [-0.2, 0) is 9.05 Å². The lowest BCUT2D eigenvalue weighted by Crippen LogP contribution is -1.99. The highest BCUT2D eigenvalue weighted by atomic mass is 35.7. The minimum atomic E-state index is -3.93. The van der Waals surface area contributed by atoms with Gasteiger partial charge < -0.3 is 0 Å². The highest BCUT2D eigenvalue weighted by Crippen LogP contribution is 2.18. The molecule has 0 aliphatic heterocycles. The molecule has 6 heteroatoms. The van der Waals surface area contributed by atoms with E-state index in [2.05, 4.69) is 0 Å². The Bertz CT molecular complexity index is 519. The van der Waals surface area contributed by atoms with Crippen LogP contribution in [0.2, 0.25) is 0 Å². The zero-order valence-corrected chi connectivity index (χ0v) is 9.30. The van der Waals surface area contributed by atoms with Gasteiger partial charge in [0.25, 0.3) is 9.05 Å². The molecule has 0 aliphatic carbocycles. The number of rotatable bonds is 3. The van der Waals surface area contributed by atoms with E-state index < -0.39 is 9.05 Å². The van der Waals surface area contributed by atoms with Crippen LogP contribution in [0.15, 0.2) is 23.1 Å². The van der Waals surface area contributed by atoms with Crippen molar-refractivity contribution in [1.29, 1.82) is 0 Å². The smallest absolute Gasteiger partial charge is 0.261 e. The third-order valence-corrected chi connectivity index (χ3v) is 3.09. The molecule has 0 amide bonds. The fourth-order valence-electron chi connectivity index (χ4n) is 1.03. The molecule has 0 heterocycles. The van der Waals surface area contributed by atoms with Gasteiger partial charge in [0, 0.05) is 21.8 Å². The molecule has 0 radical (unpaired) electrons. The minimum absolute atomic E-state index is 0.0990. The largest absolute Gasteiger partial charge is 0.298 e. The minimum Gasteiger partial charge on any atom is -0.298 e. The Kier molecular flexibility index (Phi) is 3.26. The van der Waals surface area contributed by atoms with Crippen LogP contribution < -0.4 is 0 Å². The van der Waals surface area contributed by atoms with Crippen LogP contribution in [0.25, 0.3) is 0 Å². The number of ketones is 1. The number of Topliss-reactive ketones (excluding diaryl/α,β-unsaturated/α-hetero) is 1. The normalized spacial score (nSPS) is 11.1. The average molecular weight is 247 g/mol. The van der Waals surface area contributed by atoms with Crippen molar-refractivity contribution in [3.8, 4) is 0 Å². The second-order valence-electron chi connectivity index (χ2n) is 2.90. The standard InChI is InChI=1S/C9H7ClO4S/c1-6(12)8-2-7(5-11)3-9(4-8)15(10,13)14/h2-5H,1H3. The molecule has 1 rings (SSSR count). The van der Waals surface area contributed by atoms with Gasteiger partial charge >= 0.3 is 0 Å². The fraction of sp³-hybridized carbons (Fsp3) is 0.111. The van der Waals surface area contributed by atoms with E-state index in [4.69, 9.17) is 10.7 Å². The van der Waals surface area contributed by atoms with E-state index in [0.717, 1.165) is 12.1 Å². The lowest BCUT2D eigenvalue weighted by molar-refractivity contribution is 0.101. The van der Waals surface area contributed by atoms with E-state index in [9.17, 15) is 18.0 Å². The molecule has 1 aromatic rings. The van der Waals surface area contributed by atoms with Crippen molar-refractivity contribution >= 4 is 31.8 Å². The molecule has 15 heavy (non-hydrogen) atoms. The maximum atomic E-state index is 11.0. The first-order chi connectivity index (χ1) is 6.84. The van der Waals surface area contributed by atoms with Crippen molar-refractivity contribution in [2.45, 2.75) is 11.8 Å². The number of hydrogen-bond donors (Lipinski definition) is 0. The summed E-state index contributed by atoms with van der Waals surface area (Å²) in [5.74, 6) is -0.333. The Morgan fingerprint density at radius 3 is 2.33 bits per heavy atom. The maximum absolute atomic E-state index is 11.0. The van der Waals surface area contributed by atoms with Gasteiger partial charge in [-0.2, -0.15) is 0 Å². The van der Waals surface area contributed by atoms with E-state index in [1.165, 1.54) is 13.0 Å². The monoisotopic (exact) mass is 246 g/mol. The van der Waals surface area contributed by atoms with Crippen molar-refractivity contribution < 1.29 is 18.0 Å². The van der Waals surface area contributed by atoms with Gasteiger partial charge in [0.05, 0.1) is 4.90 Å². The van der Waals surface area contributed by atoms with Crippen LogP contribution in [0.3, 0.4) is 0 Å². The Morgan fingerprint density at radius 1 is 1.33 bits per heavy atom. The molecule has 0 saturated carbocycles. The van der Waals surface area contributed by atoms with Crippen LogP contribution >= 0.6 is 10.7 Å². The van der Waals surface area contributed by atoms with Gasteiger partial charge in [-0.25, -0.2) is 8.42 Å². The van der Waals surface area contributed by atoms with E-state index in [0.29, 0.717) is 6.29 Å². The Balaban J connectivity index is 3.50. The topological polar surface area (TPSA) is 68.3 Å². The van der Waals surface area contributed by atoms with Gasteiger partial charge in [-0.15, -0.1) is 0 Å². The second-order valence-corrected chi connectivity index (χ2v) is 5.47. The average Bonchev–Trinajstić information content (AvgIpc) is 2.15. The highest BCUT2D eigenvalue weighted by molar-refractivity contribution is 8.13. The Labute approximate surface area is 91.3 Å². The summed E-state index contributed by atoms with van der Waals surface area (Å²) in [6.45, 7) is 1.27. The summed E-state index contributed by atoms with van der Waals surface area (Å²) in [5.41, 5.74) is 0.237. The predicted molar refractivity (Wildman–Crippen MR) is 54.9 cm³/mol. The van der Waals surface area contributed by atoms with E-state index in [1.807, 2.05) is 0 Å². The van der Waals surface area contributed by atoms with Gasteiger partial charge in [-0.1, -0.05) is 0 Å². The number of benzene rings is 1. The molecular weight excluding hydrogens is 240 g/mol. The number of carbonyl (C=O) groups excluding carboxylic acids is 2. The summed E-state index contributed by atoms with van der Waals surface area (Å²) in [6, 6.07) is 3.56. The van der Waals surface area contributed by atoms with Gasteiger partial charge in [0.2, 0.25) is 0 Å². The van der Waals surface area contributed by atoms with Crippen molar-refractivity contribution in [3.63, 3.8) is 0 Å². The summed E-state index contributed by atoms with van der Waals surface area (Å²) < 4.78 is 22.0. The lowest BCUT2D eigenvalue weighted by atomic mass is 10.1. The third kappa shape index (κ3) is 2.87. The van der Waals surface area contributed by atoms with Gasteiger partial charge in [0.1, 0.15) is 6.29 Å². The number of carbonyl (C=O) groups is 2. The van der Waals surface area contributed by atoms with E-state index >= 15 is 0 Å². The summed E-state index contributed by atoms with van der Waals surface area (Å²) in [7, 11) is 1.18. The number of hydrogen-bond acceptors (Lipinski definition) is 4. The fourth-order valence-corrected chi connectivity index (χ4v) is 1.85. The molecule has 0 atom stereocenters. The SMILES string of the molecule is CC(=O)c1cc(C=O)cc(S(=O)(=O)Cl)c1. The molecule has 0 bridgehead atoms. The molecule has 0 unspecified atom stereocenters. The molecule has 0 aromatic heterocycles. The quantitative estimate of drug-likeness (QED) is 0.462. The van der Waals surface area contributed by atoms with Crippen LogP contribution in [0.1, 0.15) is 27.6 Å². The van der Waals surface area contributed by atoms with Gasteiger partial charge in [-0.3, -0.25) is 9.59 Å². The predicted octanol–water partition coefficient (Wildman–Crippen LogP) is 1.63.